The number of methoxy groups -OCH3 is 1. The van der Waals surface area contributed by atoms with Crippen LogP contribution in [0.3, 0.4) is 0 Å². The first-order valence-corrected chi connectivity index (χ1v) is 13.5. The molecule has 210 valence electrons. The second-order valence-corrected chi connectivity index (χ2v) is 10.4. The summed E-state index contributed by atoms with van der Waals surface area (Å²) in [5, 5.41) is 16.5. The number of anilines is 2. The van der Waals surface area contributed by atoms with Crippen LogP contribution in [-0.4, -0.2) is 45.4 Å². The van der Waals surface area contributed by atoms with E-state index in [4.69, 9.17) is 17.0 Å². The van der Waals surface area contributed by atoms with Crippen LogP contribution in [0, 0.1) is 20.8 Å². The lowest BCUT2D eigenvalue weighted by atomic mass is 9.96. The van der Waals surface area contributed by atoms with Crippen LogP contribution in [0.4, 0.5) is 11.4 Å². The molecule has 2 atom stereocenters. The van der Waals surface area contributed by atoms with Gasteiger partial charge in [0.05, 0.1) is 23.3 Å². The lowest BCUT2D eigenvalue weighted by molar-refractivity contribution is -0.119. The van der Waals surface area contributed by atoms with E-state index in [-0.39, 0.29) is 30.2 Å². The highest BCUT2D eigenvalue weighted by Crippen LogP contribution is 2.44. The highest BCUT2D eigenvalue weighted by atomic mass is 32.1. The molecule has 0 saturated carbocycles. The Morgan fingerprint density at radius 1 is 1.05 bits per heavy atom. The van der Waals surface area contributed by atoms with E-state index in [9.17, 15) is 14.7 Å². The van der Waals surface area contributed by atoms with Crippen molar-refractivity contribution in [3.05, 3.63) is 107 Å². The quantitative estimate of drug-likeness (QED) is 0.247. The Hall–Kier alpha value is -4.54. The van der Waals surface area contributed by atoms with E-state index in [1.165, 1.54) is 7.11 Å². The Morgan fingerprint density at radius 2 is 1.85 bits per heavy atom. The first-order chi connectivity index (χ1) is 19.7. The summed E-state index contributed by atoms with van der Waals surface area (Å²) in [6, 6.07) is 20.2. The van der Waals surface area contributed by atoms with Gasteiger partial charge in [0.2, 0.25) is 5.91 Å². The van der Waals surface area contributed by atoms with Gasteiger partial charge >= 0.3 is 5.97 Å². The fourth-order valence-corrected chi connectivity index (χ4v) is 5.81. The molecule has 1 aliphatic rings. The number of carboxylic acid groups (broad SMARTS) is 1. The molecule has 4 aromatic rings. The van der Waals surface area contributed by atoms with Crippen LogP contribution < -0.4 is 15.5 Å². The predicted octanol–water partition coefficient (Wildman–Crippen LogP) is 5.26. The molecule has 2 aromatic heterocycles. The molecular weight excluding hydrogens is 538 g/mol. The zero-order valence-corrected chi connectivity index (χ0v) is 24.0. The van der Waals surface area contributed by atoms with Crippen LogP contribution in [0.25, 0.3) is 5.69 Å². The molecule has 1 amide bonds. The number of carboxylic acids is 1. The van der Waals surface area contributed by atoms with Crippen molar-refractivity contribution in [2.45, 2.75) is 32.9 Å². The van der Waals surface area contributed by atoms with Gasteiger partial charge in [0.15, 0.2) is 5.11 Å². The summed E-state index contributed by atoms with van der Waals surface area (Å²) in [7, 11) is 1.48. The number of nitrogens with zero attached hydrogens (tertiary/aromatic N) is 3. The SMILES string of the molecule is COCC(=O)Nc1ccc(N2C(=S)N[C@H](c3ccccn3)[C@H]2c2cc(C)n(-c3cccc(C(=O)O)c3)c2C)cc1C. The molecular formula is C31H31N5O4S. The van der Waals surface area contributed by atoms with Gasteiger partial charge in [-0.15, -0.1) is 0 Å². The van der Waals surface area contributed by atoms with E-state index < -0.39 is 5.97 Å². The maximum atomic E-state index is 12.1. The molecule has 9 nitrogen and oxygen atoms in total. The van der Waals surface area contributed by atoms with Crippen LogP contribution in [0.2, 0.25) is 0 Å². The highest BCUT2D eigenvalue weighted by Gasteiger charge is 2.42. The van der Waals surface area contributed by atoms with Crippen LogP contribution in [-0.2, 0) is 9.53 Å². The van der Waals surface area contributed by atoms with Gasteiger partial charge in [-0.05, 0) is 98.7 Å². The van der Waals surface area contributed by atoms with Crippen molar-refractivity contribution in [2.24, 2.45) is 0 Å². The van der Waals surface area contributed by atoms with Gasteiger partial charge in [0.1, 0.15) is 6.61 Å². The topological polar surface area (TPSA) is 109 Å². The number of hydrogen-bond acceptors (Lipinski definition) is 5. The first-order valence-electron chi connectivity index (χ1n) is 13.1. The van der Waals surface area contributed by atoms with Gasteiger partial charge in [-0.2, -0.15) is 0 Å². The van der Waals surface area contributed by atoms with E-state index in [1.807, 2.05) is 63.2 Å². The smallest absolute Gasteiger partial charge is 0.335 e. The van der Waals surface area contributed by atoms with Crippen molar-refractivity contribution in [3.8, 4) is 5.69 Å². The number of aromatic carboxylic acids is 1. The number of hydrogen-bond donors (Lipinski definition) is 3. The van der Waals surface area contributed by atoms with Crippen molar-refractivity contribution in [3.63, 3.8) is 0 Å². The molecule has 0 spiro atoms. The lowest BCUT2D eigenvalue weighted by Crippen LogP contribution is -2.29. The molecule has 41 heavy (non-hydrogen) atoms. The summed E-state index contributed by atoms with van der Waals surface area (Å²) in [4.78, 5) is 30.5. The average Bonchev–Trinajstić information content (AvgIpc) is 3.45. The van der Waals surface area contributed by atoms with Crippen molar-refractivity contribution < 1.29 is 19.4 Å². The number of rotatable bonds is 8. The molecule has 10 heteroatoms. The standard InChI is InChI=1S/C31H31N5O4S/c1-18-14-23(11-12-25(18)33-27(37)17-40-4)36-29(28(34-31(36)41)26-10-5-6-13-32-26)24-15-19(2)35(20(24)3)22-9-7-8-21(16-22)30(38)39/h5-16,28-29H,17H2,1-4H3,(H,33,37)(H,34,41)(H,38,39)/t28-,29-/m1/s1. The summed E-state index contributed by atoms with van der Waals surface area (Å²) in [5.74, 6) is -1.20. The van der Waals surface area contributed by atoms with Crippen LogP contribution in [0.5, 0.6) is 0 Å². The second kappa shape index (κ2) is 11.5. The molecule has 3 heterocycles. The molecule has 0 unspecified atom stereocenters. The third-order valence-corrected chi connectivity index (χ3v) is 7.59. The third kappa shape index (κ3) is 5.44. The molecule has 0 radical (unpaired) electrons. The molecule has 3 N–H and O–H groups in total. The maximum Gasteiger partial charge on any atom is 0.335 e. The van der Waals surface area contributed by atoms with Gasteiger partial charge in [-0.25, -0.2) is 4.79 Å². The predicted molar refractivity (Wildman–Crippen MR) is 162 cm³/mol. The highest BCUT2D eigenvalue weighted by molar-refractivity contribution is 7.80. The second-order valence-electron chi connectivity index (χ2n) is 9.99. The van der Waals surface area contributed by atoms with E-state index in [2.05, 4.69) is 31.2 Å². The number of thiocarbonyl (C=S) groups is 1. The number of aryl methyl sites for hydroxylation is 2. The van der Waals surface area contributed by atoms with E-state index in [0.29, 0.717) is 10.8 Å². The van der Waals surface area contributed by atoms with Crippen LogP contribution >= 0.6 is 12.2 Å². The minimum Gasteiger partial charge on any atom is -0.478 e. The van der Waals surface area contributed by atoms with Gasteiger partial charge in [0, 0.05) is 41.8 Å². The molecule has 1 aliphatic heterocycles. The number of ether oxygens (including phenoxy) is 1. The van der Waals surface area contributed by atoms with E-state index >= 15 is 0 Å². The largest absolute Gasteiger partial charge is 0.478 e. The Kier molecular flexibility index (Phi) is 7.87. The zero-order chi connectivity index (χ0) is 29.3. The normalized spacial score (nSPS) is 16.5. The number of carbonyl (C=O) groups excluding carboxylic acids is 1. The maximum absolute atomic E-state index is 12.1. The van der Waals surface area contributed by atoms with Crippen molar-refractivity contribution in [1.29, 1.82) is 0 Å². The van der Waals surface area contributed by atoms with Gasteiger partial charge in [0.25, 0.3) is 0 Å². The van der Waals surface area contributed by atoms with E-state index in [1.54, 1.807) is 24.4 Å². The van der Waals surface area contributed by atoms with Crippen molar-refractivity contribution in [2.75, 3.05) is 23.9 Å². The fraction of sp³-hybridized carbons (Fsp3) is 0.226. The van der Waals surface area contributed by atoms with Crippen molar-refractivity contribution >= 4 is 40.6 Å². The molecule has 2 aromatic carbocycles. The number of pyridine rings is 1. The number of amides is 1. The first kappa shape index (κ1) is 28.0. The van der Waals surface area contributed by atoms with Gasteiger partial charge < -0.3 is 29.9 Å². The Balaban J connectivity index is 1.61. The number of carbonyl (C=O) groups is 2. The van der Waals surface area contributed by atoms with Gasteiger partial charge in [-0.3, -0.25) is 9.78 Å². The molecule has 0 bridgehead atoms. The summed E-state index contributed by atoms with van der Waals surface area (Å²) in [5.41, 5.74) is 7.24. The molecule has 5 rings (SSSR count). The minimum absolute atomic E-state index is 0.0276. The third-order valence-electron chi connectivity index (χ3n) is 7.28. The Labute approximate surface area is 243 Å². The lowest BCUT2D eigenvalue weighted by Gasteiger charge is -2.29. The average molecular weight is 570 g/mol. The molecule has 1 fully saturated rings. The minimum atomic E-state index is -0.974. The molecule has 0 aliphatic carbocycles. The summed E-state index contributed by atoms with van der Waals surface area (Å²) >= 11 is 5.91. The number of benzene rings is 2. The van der Waals surface area contributed by atoms with Crippen LogP contribution in [0.1, 0.15) is 50.7 Å². The summed E-state index contributed by atoms with van der Waals surface area (Å²) < 4.78 is 7.01. The summed E-state index contributed by atoms with van der Waals surface area (Å²) in [6.45, 7) is 5.95. The molecule has 1 saturated heterocycles. The monoisotopic (exact) mass is 569 g/mol. The number of aromatic nitrogens is 2. The Bertz CT molecular complexity index is 1630. The van der Waals surface area contributed by atoms with Crippen LogP contribution in [0.15, 0.2) is 72.9 Å². The van der Waals surface area contributed by atoms with E-state index in [0.717, 1.165) is 39.6 Å². The van der Waals surface area contributed by atoms with Crippen molar-refractivity contribution in [1.82, 2.24) is 14.9 Å². The van der Waals surface area contributed by atoms with Gasteiger partial charge in [-0.1, -0.05) is 12.1 Å². The Morgan fingerprint density at radius 3 is 2.54 bits per heavy atom. The zero-order valence-electron chi connectivity index (χ0n) is 23.2. The number of nitrogens with one attached hydrogen (secondary N) is 2. The summed E-state index contributed by atoms with van der Waals surface area (Å²) in [6.07, 6.45) is 1.77. The fourth-order valence-electron chi connectivity index (χ4n) is 5.47.